The van der Waals surface area contributed by atoms with E-state index in [9.17, 15) is 4.79 Å². The predicted molar refractivity (Wildman–Crippen MR) is 123 cm³/mol. The summed E-state index contributed by atoms with van der Waals surface area (Å²) in [6.07, 6.45) is 7.87. The highest BCUT2D eigenvalue weighted by Crippen LogP contribution is 2.10. The van der Waals surface area contributed by atoms with Crippen molar-refractivity contribution in [1.82, 2.24) is 25.3 Å². The summed E-state index contributed by atoms with van der Waals surface area (Å²) in [5, 5.41) is 6.33. The van der Waals surface area contributed by atoms with Gasteiger partial charge in [0.25, 0.3) is 0 Å². The molecule has 0 radical (unpaired) electrons. The maximum Gasteiger partial charge on any atom is 0.234 e. The van der Waals surface area contributed by atoms with Gasteiger partial charge in [0.05, 0.1) is 13.2 Å². The minimum atomic E-state index is 0.0747. The van der Waals surface area contributed by atoms with Crippen LogP contribution in [0.25, 0.3) is 0 Å². The van der Waals surface area contributed by atoms with Crippen LogP contribution in [0.15, 0.2) is 4.99 Å². The molecule has 2 fully saturated rings. The first kappa shape index (κ1) is 24.9. The highest BCUT2D eigenvalue weighted by atomic mass is 16.5. The number of unbranched alkanes of at least 4 members (excludes halogenated alkanes) is 2. The number of carbonyl (C=O) groups excluding carboxylic acids is 1. The smallest absolute Gasteiger partial charge is 0.234 e. The second kappa shape index (κ2) is 15.4. The van der Waals surface area contributed by atoms with Gasteiger partial charge in [-0.15, -0.1) is 0 Å². The van der Waals surface area contributed by atoms with Gasteiger partial charge in [-0.3, -0.25) is 14.7 Å². The largest absolute Gasteiger partial charge is 0.383 e. The van der Waals surface area contributed by atoms with E-state index in [-0.39, 0.29) is 5.91 Å². The second-order valence-electron chi connectivity index (χ2n) is 8.30. The zero-order valence-corrected chi connectivity index (χ0v) is 19.3. The average Bonchev–Trinajstić information content (AvgIpc) is 2.77. The van der Waals surface area contributed by atoms with Crippen LogP contribution in [0.3, 0.4) is 0 Å². The minimum Gasteiger partial charge on any atom is -0.383 e. The molecule has 0 bridgehead atoms. The molecule has 0 atom stereocenters. The quantitative estimate of drug-likeness (QED) is 0.277. The van der Waals surface area contributed by atoms with Crippen molar-refractivity contribution in [3.8, 4) is 0 Å². The van der Waals surface area contributed by atoms with Crippen LogP contribution in [0.1, 0.15) is 45.4 Å². The number of aliphatic imine (C=N–C) groups is 1. The van der Waals surface area contributed by atoms with E-state index >= 15 is 0 Å². The van der Waals surface area contributed by atoms with Crippen LogP contribution in [-0.4, -0.2) is 112 Å². The number of nitrogens with one attached hydrogen (secondary N) is 2. The van der Waals surface area contributed by atoms with Crippen LogP contribution in [-0.2, 0) is 9.53 Å². The summed E-state index contributed by atoms with van der Waals surface area (Å²) in [6, 6.07) is 0. The van der Waals surface area contributed by atoms with Crippen molar-refractivity contribution in [3.63, 3.8) is 0 Å². The zero-order chi connectivity index (χ0) is 21.4. The molecule has 30 heavy (non-hydrogen) atoms. The van der Waals surface area contributed by atoms with Gasteiger partial charge in [0.2, 0.25) is 5.91 Å². The first-order valence-electron chi connectivity index (χ1n) is 12.0. The maximum atomic E-state index is 12.0. The standard InChI is InChI=1S/C22H44N6O2/c1-3-23-22(25-10-6-4-7-12-26-13-8-5-9-14-26)28-17-15-27(16-18-28)20-21(29)24-11-19-30-2/h3-20H2,1-2H3,(H,23,25)(H,24,29). The molecular formula is C22H44N6O2. The molecule has 2 aliphatic rings. The Morgan fingerprint density at radius 2 is 1.70 bits per heavy atom. The number of methoxy groups -OCH3 is 1. The average molecular weight is 425 g/mol. The van der Waals surface area contributed by atoms with E-state index in [4.69, 9.17) is 9.73 Å². The minimum absolute atomic E-state index is 0.0747. The highest BCUT2D eigenvalue weighted by Gasteiger charge is 2.21. The molecule has 2 rings (SSSR count). The van der Waals surface area contributed by atoms with Crippen molar-refractivity contribution >= 4 is 11.9 Å². The number of ether oxygens (including phenoxy) is 1. The summed E-state index contributed by atoms with van der Waals surface area (Å²) in [6.45, 7) is 12.9. The Labute approximate surface area is 183 Å². The van der Waals surface area contributed by atoms with Crippen molar-refractivity contribution in [2.75, 3.05) is 85.7 Å². The Morgan fingerprint density at radius 3 is 2.40 bits per heavy atom. The third-order valence-electron chi connectivity index (χ3n) is 5.84. The lowest BCUT2D eigenvalue weighted by molar-refractivity contribution is -0.122. The van der Waals surface area contributed by atoms with E-state index in [1.54, 1.807) is 7.11 Å². The van der Waals surface area contributed by atoms with Gasteiger partial charge in [0.15, 0.2) is 5.96 Å². The number of guanidine groups is 1. The van der Waals surface area contributed by atoms with Gasteiger partial charge < -0.3 is 25.2 Å². The first-order valence-corrected chi connectivity index (χ1v) is 12.0. The van der Waals surface area contributed by atoms with E-state index in [0.717, 1.165) is 51.6 Å². The van der Waals surface area contributed by atoms with Gasteiger partial charge in [-0.1, -0.05) is 12.8 Å². The summed E-state index contributed by atoms with van der Waals surface area (Å²) in [4.78, 5) is 24.0. The molecule has 8 nitrogen and oxygen atoms in total. The van der Waals surface area contributed by atoms with Crippen LogP contribution in [0.2, 0.25) is 0 Å². The van der Waals surface area contributed by atoms with Gasteiger partial charge in [-0.25, -0.2) is 0 Å². The maximum absolute atomic E-state index is 12.0. The van der Waals surface area contributed by atoms with Crippen molar-refractivity contribution in [3.05, 3.63) is 0 Å². The number of nitrogens with zero attached hydrogens (tertiary/aromatic N) is 4. The number of hydrogen-bond acceptors (Lipinski definition) is 5. The number of piperidine rings is 1. The second-order valence-corrected chi connectivity index (χ2v) is 8.30. The Bertz CT molecular complexity index is 488. The highest BCUT2D eigenvalue weighted by molar-refractivity contribution is 5.80. The summed E-state index contributed by atoms with van der Waals surface area (Å²) in [5.74, 6) is 1.10. The molecule has 0 saturated carbocycles. The fourth-order valence-corrected chi connectivity index (χ4v) is 4.09. The molecule has 0 unspecified atom stereocenters. The molecule has 1 amide bonds. The molecule has 0 spiro atoms. The van der Waals surface area contributed by atoms with Crippen LogP contribution in [0, 0.1) is 0 Å². The summed E-state index contributed by atoms with van der Waals surface area (Å²) < 4.78 is 4.97. The topological polar surface area (TPSA) is 72.4 Å². The van der Waals surface area contributed by atoms with Crippen LogP contribution < -0.4 is 10.6 Å². The monoisotopic (exact) mass is 424 g/mol. The molecule has 2 aliphatic heterocycles. The fourth-order valence-electron chi connectivity index (χ4n) is 4.09. The van der Waals surface area contributed by atoms with Crippen molar-refractivity contribution in [2.45, 2.75) is 45.4 Å². The van der Waals surface area contributed by atoms with E-state index in [0.29, 0.717) is 19.7 Å². The van der Waals surface area contributed by atoms with Crippen molar-refractivity contribution < 1.29 is 9.53 Å². The number of likely N-dealkylation sites (tertiary alicyclic amines) is 1. The van der Waals surface area contributed by atoms with E-state index in [2.05, 4.69) is 32.3 Å². The molecule has 0 aromatic carbocycles. The van der Waals surface area contributed by atoms with Gasteiger partial charge >= 0.3 is 0 Å². The van der Waals surface area contributed by atoms with Crippen LogP contribution >= 0.6 is 0 Å². The van der Waals surface area contributed by atoms with Gasteiger partial charge in [0, 0.05) is 52.9 Å². The summed E-state index contributed by atoms with van der Waals surface area (Å²) >= 11 is 0. The number of piperazine rings is 1. The lowest BCUT2D eigenvalue weighted by atomic mass is 10.1. The van der Waals surface area contributed by atoms with Crippen LogP contribution in [0.5, 0.6) is 0 Å². The lowest BCUT2D eigenvalue weighted by Gasteiger charge is -2.36. The number of carbonyl (C=O) groups is 1. The lowest BCUT2D eigenvalue weighted by Crippen LogP contribution is -2.54. The summed E-state index contributed by atoms with van der Waals surface area (Å²) in [7, 11) is 1.64. The van der Waals surface area contributed by atoms with Crippen LogP contribution in [0.4, 0.5) is 0 Å². The molecular weight excluding hydrogens is 380 g/mol. The number of hydrogen-bond donors (Lipinski definition) is 2. The molecule has 2 heterocycles. The van der Waals surface area contributed by atoms with Gasteiger partial charge in [0.1, 0.15) is 0 Å². The molecule has 2 saturated heterocycles. The SMILES string of the molecule is CCNC(=NCCCCCN1CCCCC1)N1CCN(CC(=O)NCCOC)CC1. The third-order valence-corrected chi connectivity index (χ3v) is 5.84. The van der Waals surface area contributed by atoms with Crippen molar-refractivity contribution in [1.29, 1.82) is 0 Å². The molecule has 8 heteroatoms. The van der Waals surface area contributed by atoms with Gasteiger partial charge in [-0.2, -0.15) is 0 Å². The van der Waals surface area contributed by atoms with Crippen molar-refractivity contribution in [2.24, 2.45) is 4.99 Å². The Kier molecular flexibility index (Phi) is 12.8. The van der Waals surface area contributed by atoms with E-state index in [1.165, 1.54) is 51.7 Å². The summed E-state index contributed by atoms with van der Waals surface area (Å²) in [5.41, 5.74) is 0. The molecule has 0 aliphatic carbocycles. The first-order chi connectivity index (χ1) is 14.7. The fraction of sp³-hybridized carbons (Fsp3) is 0.909. The third kappa shape index (κ3) is 10.1. The van der Waals surface area contributed by atoms with E-state index < -0.39 is 0 Å². The Hall–Kier alpha value is -1.38. The van der Waals surface area contributed by atoms with Gasteiger partial charge in [-0.05, 0) is 52.2 Å². The predicted octanol–water partition coefficient (Wildman–Crippen LogP) is 0.988. The van der Waals surface area contributed by atoms with E-state index in [1.807, 2.05) is 0 Å². The number of amides is 1. The Morgan fingerprint density at radius 1 is 0.933 bits per heavy atom. The zero-order valence-electron chi connectivity index (χ0n) is 19.3. The molecule has 0 aromatic rings. The Balaban J connectivity index is 1.62. The molecule has 2 N–H and O–H groups in total. The molecule has 174 valence electrons. The molecule has 0 aromatic heterocycles. The normalized spacial score (nSPS) is 19.1. The number of rotatable bonds is 12.